The van der Waals surface area contributed by atoms with Gasteiger partial charge in [0.25, 0.3) is 0 Å². The quantitative estimate of drug-likeness (QED) is 0.511. The highest BCUT2D eigenvalue weighted by Crippen LogP contribution is 2.26. The predicted octanol–water partition coefficient (Wildman–Crippen LogP) is 4.95. The highest BCUT2D eigenvalue weighted by atomic mass is 35.6. The summed E-state index contributed by atoms with van der Waals surface area (Å²) in [6.07, 6.45) is 1.11. The van der Waals surface area contributed by atoms with Crippen LogP contribution in [0.1, 0.15) is 37.0 Å². The number of aryl methyl sites for hydroxylation is 1. The minimum absolute atomic E-state index is 0.248. The summed E-state index contributed by atoms with van der Waals surface area (Å²) < 4.78 is 9.07. The number of ether oxygens (including phenoxy) is 2. The molecule has 4 nitrogen and oxygen atoms in total. The number of alkyl carbamates (subject to hydrolysis) is 1. The monoisotopic (exact) mass is 381 g/mol. The highest BCUT2D eigenvalue weighted by Gasteiger charge is 2.22. The molecule has 0 fully saturated rings. The second kappa shape index (κ2) is 10.2. The number of amides is 1. The standard InChI is InChI=1S/C16H22Cl3NO3/c1-3-4-9-22-14(13-7-5-12(2)6-8-13)10-20-15(21)23-11-16(17,18)19/h5-8,14H,3-4,9-11H2,1-2H3,(H,20,21). The maximum absolute atomic E-state index is 11.6. The van der Waals surface area contributed by atoms with Gasteiger partial charge >= 0.3 is 6.09 Å². The van der Waals surface area contributed by atoms with Gasteiger partial charge in [0.1, 0.15) is 6.61 Å². The maximum Gasteiger partial charge on any atom is 0.407 e. The van der Waals surface area contributed by atoms with Crippen LogP contribution in [0.15, 0.2) is 24.3 Å². The second-order valence-corrected chi connectivity index (χ2v) is 7.71. The SMILES string of the molecule is CCCCOC(CNC(=O)OCC(Cl)(Cl)Cl)c1ccc(C)cc1. The molecule has 1 N–H and O–H groups in total. The molecule has 1 aromatic rings. The lowest BCUT2D eigenvalue weighted by molar-refractivity contribution is 0.0489. The Morgan fingerprint density at radius 3 is 2.48 bits per heavy atom. The van der Waals surface area contributed by atoms with Gasteiger partial charge in [0.05, 0.1) is 12.6 Å². The van der Waals surface area contributed by atoms with Crippen molar-refractivity contribution in [2.24, 2.45) is 0 Å². The van der Waals surface area contributed by atoms with Crippen molar-refractivity contribution in [2.75, 3.05) is 19.8 Å². The number of hydrogen-bond acceptors (Lipinski definition) is 3. The lowest BCUT2D eigenvalue weighted by Gasteiger charge is -2.19. The van der Waals surface area contributed by atoms with Gasteiger partial charge in [0.2, 0.25) is 3.79 Å². The molecule has 0 aliphatic carbocycles. The van der Waals surface area contributed by atoms with Crippen LogP contribution in [0.3, 0.4) is 0 Å². The highest BCUT2D eigenvalue weighted by molar-refractivity contribution is 6.67. The van der Waals surface area contributed by atoms with Crippen LogP contribution >= 0.6 is 34.8 Å². The number of carbonyl (C=O) groups is 1. The molecule has 1 unspecified atom stereocenters. The van der Waals surface area contributed by atoms with E-state index >= 15 is 0 Å². The number of halogens is 3. The van der Waals surface area contributed by atoms with Crippen LogP contribution in [0.5, 0.6) is 0 Å². The number of nitrogens with one attached hydrogen (secondary N) is 1. The van der Waals surface area contributed by atoms with Crippen LogP contribution in [0.2, 0.25) is 0 Å². The molecule has 0 saturated heterocycles. The first-order chi connectivity index (χ1) is 10.8. The van der Waals surface area contributed by atoms with Crippen LogP contribution in [0.25, 0.3) is 0 Å². The van der Waals surface area contributed by atoms with Crippen molar-refractivity contribution in [3.8, 4) is 0 Å². The van der Waals surface area contributed by atoms with Gasteiger partial charge in [-0.15, -0.1) is 0 Å². The molecule has 0 heterocycles. The lowest BCUT2D eigenvalue weighted by atomic mass is 10.1. The molecule has 0 saturated carbocycles. The van der Waals surface area contributed by atoms with Gasteiger partial charge in [0.15, 0.2) is 0 Å². The zero-order chi connectivity index (χ0) is 17.3. The van der Waals surface area contributed by atoms with E-state index in [0.717, 1.165) is 24.0 Å². The van der Waals surface area contributed by atoms with E-state index < -0.39 is 9.89 Å². The zero-order valence-electron chi connectivity index (χ0n) is 13.3. The van der Waals surface area contributed by atoms with Crippen molar-refractivity contribution in [3.05, 3.63) is 35.4 Å². The third kappa shape index (κ3) is 9.26. The van der Waals surface area contributed by atoms with E-state index in [-0.39, 0.29) is 19.3 Å². The Kier molecular flexibility index (Phi) is 9.07. The first-order valence-electron chi connectivity index (χ1n) is 7.47. The average molecular weight is 383 g/mol. The van der Waals surface area contributed by atoms with Gasteiger partial charge in [-0.05, 0) is 18.9 Å². The van der Waals surface area contributed by atoms with Crippen molar-refractivity contribution in [2.45, 2.75) is 36.6 Å². The van der Waals surface area contributed by atoms with Crippen molar-refractivity contribution in [1.82, 2.24) is 5.32 Å². The summed E-state index contributed by atoms with van der Waals surface area (Å²) in [5, 5.41) is 2.63. The minimum atomic E-state index is -1.62. The zero-order valence-corrected chi connectivity index (χ0v) is 15.5. The van der Waals surface area contributed by atoms with Gasteiger partial charge in [-0.25, -0.2) is 4.79 Å². The topological polar surface area (TPSA) is 47.6 Å². The molecule has 130 valence electrons. The minimum Gasteiger partial charge on any atom is -0.445 e. The van der Waals surface area contributed by atoms with Gasteiger partial charge < -0.3 is 14.8 Å². The van der Waals surface area contributed by atoms with Crippen LogP contribution in [-0.4, -0.2) is 29.6 Å². The van der Waals surface area contributed by atoms with Crippen molar-refractivity contribution < 1.29 is 14.3 Å². The Bertz CT molecular complexity index is 474. The first kappa shape index (κ1) is 20.4. The third-order valence-electron chi connectivity index (χ3n) is 3.06. The van der Waals surface area contributed by atoms with E-state index in [1.807, 2.05) is 31.2 Å². The molecule has 1 rings (SSSR count). The summed E-state index contributed by atoms with van der Waals surface area (Å²) >= 11 is 16.6. The van der Waals surface area contributed by atoms with E-state index in [2.05, 4.69) is 12.2 Å². The van der Waals surface area contributed by atoms with E-state index in [9.17, 15) is 4.79 Å². The summed E-state index contributed by atoms with van der Waals surface area (Å²) in [5.41, 5.74) is 2.16. The van der Waals surface area contributed by atoms with Gasteiger partial charge in [-0.1, -0.05) is 78.0 Å². The summed E-state index contributed by atoms with van der Waals surface area (Å²) in [6.45, 7) is 4.71. The molecule has 0 bridgehead atoms. The fourth-order valence-corrected chi connectivity index (χ4v) is 1.96. The van der Waals surface area contributed by atoms with Crippen LogP contribution in [-0.2, 0) is 9.47 Å². The van der Waals surface area contributed by atoms with E-state index in [0.29, 0.717) is 6.61 Å². The van der Waals surface area contributed by atoms with E-state index in [1.54, 1.807) is 0 Å². The summed E-state index contributed by atoms with van der Waals surface area (Å²) in [6, 6.07) is 7.99. The van der Waals surface area contributed by atoms with Gasteiger partial charge in [-0.2, -0.15) is 0 Å². The van der Waals surface area contributed by atoms with Crippen molar-refractivity contribution in [1.29, 1.82) is 0 Å². The Hall–Kier alpha value is -0.680. The molecular formula is C16H22Cl3NO3. The Balaban J connectivity index is 2.55. The van der Waals surface area contributed by atoms with Crippen molar-refractivity contribution in [3.63, 3.8) is 0 Å². The number of rotatable bonds is 8. The molecule has 1 aromatic carbocycles. The second-order valence-electron chi connectivity index (χ2n) is 5.20. The van der Waals surface area contributed by atoms with Crippen molar-refractivity contribution >= 4 is 40.9 Å². The summed E-state index contributed by atoms with van der Waals surface area (Å²) in [7, 11) is 0. The number of alkyl halides is 3. The number of benzene rings is 1. The molecule has 7 heteroatoms. The summed E-state index contributed by atoms with van der Waals surface area (Å²) in [5.74, 6) is 0. The Morgan fingerprint density at radius 2 is 1.91 bits per heavy atom. The molecular weight excluding hydrogens is 361 g/mol. The first-order valence-corrected chi connectivity index (χ1v) is 8.60. The molecule has 0 aromatic heterocycles. The molecule has 1 atom stereocenters. The fraction of sp³-hybridized carbons (Fsp3) is 0.562. The van der Waals surface area contributed by atoms with Gasteiger partial charge in [-0.3, -0.25) is 0 Å². The lowest BCUT2D eigenvalue weighted by Crippen LogP contribution is -2.32. The molecule has 1 amide bonds. The molecule has 0 radical (unpaired) electrons. The molecule has 0 aliphatic heterocycles. The van der Waals surface area contributed by atoms with Gasteiger partial charge in [0, 0.05) is 6.61 Å². The fourth-order valence-electron chi connectivity index (χ4n) is 1.80. The maximum atomic E-state index is 11.6. The predicted molar refractivity (Wildman–Crippen MR) is 94.4 cm³/mol. The van der Waals surface area contributed by atoms with Crippen LogP contribution in [0, 0.1) is 6.92 Å². The number of hydrogen-bond donors (Lipinski definition) is 1. The summed E-state index contributed by atoms with van der Waals surface area (Å²) in [4.78, 5) is 11.6. The Morgan fingerprint density at radius 1 is 1.26 bits per heavy atom. The Labute approximate surface area is 152 Å². The van der Waals surface area contributed by atoms with E-state index in [4.69, 9.17) is 44.3 Å². The van der Waals surface area contributed by atoms with Crippen LogP contribution < -0.4 is 5.32 Å². The van der Waals surface area contributed by atoms with E-state index in [1.165, 1.54) is 0 Å². The third-order valence-corrected chi connectivity index (χ3v) is 3.39. The molecule has 0 spiro atoms. The molecule has 0 aliphatic rings. The molecule has 23 heavy (non-hydrogen) atoms. The largest absolute Gasteiger partial charge is 0.445 e. The normalized spacial score (nSPS) is 12.7. The number of unbranched alkanes of at least 4 members (excludes halogenated alkanes) is 1. The smallest absolute Gasteiger partial charge is 0.407 e. The average Bonchev–Trinajstić information content (AvgIpc) is 2.49. The number of carbonyl (C=O) groups excluding carboxylic acids is 1. The van der Waals surface area contributed by atoms with Crippen LogP contribution in [0.4, 0.5) is 4.79 Å².